The van der Waals surface area contributed by atoms with E-state index < -0.39 is 19.6 Å². The number of primary amides is 1. The smallest absolute Gasteiger partial charge is 0.465 e. The van der Waals surface area contributed by atoms with Crippen molar-refractivity contribution in [3.05, 3.63) is 0 Å². The van der Waals surface area contributed by atoms with Crippen LogP contribution in [0.25, 0.3) is 0 Å². The first kappa shape index (κ1) is 40.0. The quantitative estimate of drug-likeness (QED) is 0.174. The lowest BCUT2D eigenvalue weighted by Gasteiger charge is -2.24. The van der Waals surface area contributed by atoms with Crippen molar-refractivity contribution >= 4 is 26.7 Å². The molecule has 0 heterocycles. The van der Waals surface area contributed by atoms with Gasteiger partial charge in [0.1, 0.15) is 6.61 Å². The van der Waals surface area contributed by atoms with Gasteiger partial charge in [-0.1, -0.05) is 34.6 Å². The van der Waals surface area contributed by atoms with E-state index in [0.717, 1.165) is 19.3 Å². The van der Waals surface area contributed by atoms with Gasteiger partial charge in [-0.15, -0.1) is 0 Å². The number of rotatable bonds is 15. The zero-order chi connectivity index (χ0) is 29.9. The van der Waals surface area contributed by atoms with Crippen molar-refractivity contribution in [2.75, 3.05) is 41.2 Å². The Bertz CT molecular complexity index is 640. The normalized spacial score (nSPS) is 11.9. The Morgan fingerprint density at radius 3 is 1.30 bits per heavy atom. The number of esters is 2. The molecule has 0 saturated carbocycles. The molecule has 37 heavy (non-hydrogen) atoms. The third kappa shape index (κ3) is 16.8. The highest BCUT2D eigenvalue weighted by atomic mass is 28.4. The molecule has 0 radical (unpaired) electrons. The van der Waals surface area contributed by atoms with E-state index >= 15 is 0 Å². The Morgan fingerprint density at radius 1 is 0.703 bits per heavy atom. The van der Waals surface area contributed by atoms with Crippen molar-refractivity contribution in [1.82, 2.24) is 0 Å². The van der Waals surface area contributed by atoms with Crippen molar-refractivity contribution < 1.29 is 42.2 Å². The fraction of sp³-hybridized carbons (Fsp3) is 0.885. The number of nitrogens with two attached hydrogens (primary N) is 1. The second kappa shape index (κ2) is 19.5. The summed E-state index contributed by atoms with van der Waals surface area (Å²) < 4.78 is 25.9. The maximum atomic E-state index is 11.7. The summed E-state index contributed by atoms with van der Waals surface area (Å²) in [6.45, 7) is 17.3. The molecule has 0 aliphatic heterocycles. The summed E-state index contributed by atoms with van der Waals surface area (Å²) in [5.41, 5.74) is 3.88. The van der Waals surface area contributed by atoms with Crippen LogP contribution in [0.3, 0.4) is 0 Å². The summed E-state index contributed by atoms with van der Waals surface area (Å²) in [7, 11) is 2.19. The predicted molar refractivity (Wildman–Crippen MR) is 147 cm³/mol. The molecule has 0 aromatic rings. The molecule has 0 fully saturated rings. The van der Waals surface area contributed by atoms with E-state index in [1.165, 1.54) is 0 Å². The summed E-state index contributed by atoms with van der Waals surface area (Å²) in [5, 5.41) is 8.38. The summed E-state index contributed by atoms with van der Waals surface area (Å²) in [6, 6.07) is 0.635. The van der Waals surface area contributed by atoms with Gasteiger partial charge in [0.2, 0.25) is 5.91 Å². The molecule has 11 heteroatoms. The zero-order valence-electron chi connectivity index (χ0n) is 25.4. The molecule has 0 aliphatic rings. The number of hydrogen-bond acceptors (Lipinski definition) is 9. The number of aliphatic hydroxyl groups is 1. The molecule has 0 spiro atoms. The highest BCUT2D eigenvalue weighted by Gasteiger charge is 2.37. The lowest BCUT2D eigenvalue weighted by molar-refractivity contribution is -0.155. The number of ether oxygens (including phenoxy) is 2. The third-order valence-corrected chi connectivity index (χ3v) is 9.37. The number of carbonyl (C=O) groups is 3. The van der Waals surface area contributed by atoms with Crippen LogP contribution in [0.2, 0.25) is 6.04 Å². The molecule has 0 aliphatic carbocycles. The van der Waals surface area contributed by atoms with Crippen LogP contribution in [-0.4, -0.2) is 72.9 Å². The van der Waals surface area contributed by atoms with Gasteiger partial charge in [0.15, 0.2) is 0 Å². The summed E-state index contributed by atoms with van der Waals surface area (Å²) in [4.78, 5) is 33.3. The predicted octanol–water partition coefficient (Wildman–Crippen LogP) is 4.10. The Morgan fingerprint density at radius 2 is 1.05 bits per heavy atom. The largest absolute Gasteiger partial charge is 0.500 e. The zero-order valence-corrected chi connectivity index (χ0v) is 26.4. The van der Waals surface area contributed by atoms with Gasteiger partial charge in [0.05, 0.1) is 24.0 Å². The summed E-state index contributed by atoms with van der Waals surface area (Å²) in [5.74, 6) is -0.626. The first-order valence-corrected chi connectivity index (χ1v) is 14.8. The first-order valence-electron chi connectivity index (χ1n) is 12.8. The van der Waals surface area contributed by atoms with E-state index in [9.17, 15) is 14.4 Å². The molecule has 10 nitrogen and oxygen atoms in total. The lowest BCUT2D eigenvalue weighted by Crippen LogP contribution is -2.42. The Hall–Kier alpha value is -1.53. The molecule has 0 aromatic carbocycles. The molecule has 222 valence electrons. The Balaban J connectivity index is -0.000000517. The van der Waals surface area contributed by atoms with E-state index in [1.807, 2.05) is 62.3 Å². The maximum Gasteiger partial charge on any atom is 0.500 e. The Labute approximate surface area is 226 Å². The minimum Gasteiger partial charge on any atom is -0.465 e. The van der Waals surface area contributed by atoms with Gasteiger partial charge in [-0.2, -0.15) is 0 Å². The van der Waals surface area contributed by atoms with Crippen molar-refractivity contribution in [3.8, 4) is 0 Å². The first-order chi connectivity index (χ1) is 16.9. The number of hydrogen-bond donors (Lipinski definition) is 2. The highest BCUT2D eigenvalue weighted by Crippen LogP contribution is 2.23. The molecule has 0 aromatic heterocycles. The van der Waals surface area contributed by atoms with Gasteiger partial charge in [-0.25, -0.2) is 0 Å². The average Bonchev–Trinajstić information content (AvgIpc) is 2.88. The molecule has 0 saturated heterocycles. The van der Waals surface area contributed by atoms with Gasteiger partial charge in [0.25, 0.3) is 0 Å². The van der Waals surface area contributed by atoms with Crippen molar-refractivity contribution in [1.29, 1.82) is 0 Å². The molecular formula is C26H55NO9Si. The van der Waals surface area contributed by atoms with E-state index in [2.05, 4.69) is 0 Å². The van der Waals surface area contributed by atoms with Gasteiger partial charge in [-0.3, -0.25) is 14.4 Å². The van der Waals surface area contributed by atoms with Crippen molar-refractivity contribution in [2.45, 2.75) is 94.0 Å². The standard InChI is InChI=1S/C12H26O5Si.C8H16O3.C6H13NO/c1-7-12(2,3)11(13)17-9-8-10-18(14-4,15-5)16-6;1-4-8(2,3)7(10)11-6-5-9;1-4-6(2,3)5(7)8/h7-10H2,1-6H3;9H,4-6H2,1-3H3;4H2,1-3H3,(H2,7,8). The van der Waals surface area contributed by atoms with Crippen LogP contribution in [0.1, 0.15) is 88.0 Å². The SMILES string of the molecule is CCC(C)(C)C(=O)OCCC[Si](OC)(OC)OC.CCC(C)(C)C(=O)OCCO.CCC(C)(C)C(N)=O. The number of amides is 1. The van der Waals surface area contributed by atoms with Crippen molar-refractivity contribution in [2.24, 2.45) is 22.0 Å². The van der Waals surface area contributed by atoms with Crippen LogP contribution in [0.4, 0.5) is 0 Å². The minimum atomic E-state index is -2.53. The second-order valence-corrected chi connectivity index (χ2v) is 13.6. The number of aliphatic hydroxyl groups excluding tert-OH is 1. The molecule has 3 N–H and O–H groups in total. The molecule has 0 bridgehead atoms. The molecule has 0 rings (SSSR count). The molecule has 1 amide bonds. The van der Waals surface area contributed by atoms with Gasteiger partial charge in [-0.05, 0) is 53.4 Å². The average molecular weight is 554 g/mol. The van der Waals surface area contributed by atoms with Gasteiger partial charge in [0, 0.05) is 32.8 Å². The minimum absolute atomic E-state index is 0.0995. The summed E-state index contributed by atoms with van der Waals surface area (Å²) in [6.07, 6.45) is 2.99. The Kier molecular flexibility index (Phi) is 21.1. The van der Waals surface area contributed by atoms with Crippen LogP contribution in [0.5, 0.6) is 0 Å². The van der Waals surface area contributed by atoms with E-state index in [4.69, 9.17) is 33.6 Å². The van der Waals surface area contributed by atoms with E-state index in [-0.39, 0.29) is 36.5 Å². The van der Waals surface area contributed by atoms with Crippen LogP contribution >= 0.6 is 0 Å². The second-order valence-electron chi connectivity index (χ2n) is 10.5. The molecular weight excluding hydrogens is 498 g/mol. The van der Waals surface area contributed by atoms with Crippen LogP contribution < -0.4 is 5.73 Å². The third-order valence-electron chi connectivity index (χ3n) is 6.54. The molecule has 0 atom stereocenters. The van der Waals surface area contributed by atoms with E-state index in [0.29, 0.717) is 19.1 Å². The van der Waals surface area contributed by atoms with Crippen LogP contribution in [-0.2, 0) is 37.1 Å². The number of carbonyl (C=O) groups excluding carboxylic acids is 3. The fourth-order valence-corrected chi connectivity index (χ4v) is 3.69. The molecule has 0 unspecified atom stereocenters. The van der Waals surface area contributed by atoms with Crippen LogP contribution in [0, 0.1) is 16.2 Å². The summed E-state index contributed by atoms with van der Waals surface area (Å²) >= 11 is 0. The van der Waals surface area contributed by atoms with Crippen LogP contribution in [0.15, 0.2) is 0 Å². The highest BCUT2D eigenvalue weighted by molar-refractivity contribution is 6.60. The topological polar surface area (TPSA) is 144 Å². The van der Waals surface area contributed by atoms with Crippen molar-refractivity contribution in [3.63, 3.8) is 0 Å². The lowest BCUT2D eigenvalue weighted by atomic mass is 9.90. The fourth-order valence-electron chi connectivity index (χ4n) is 2.00. The van der Waals surface area contributed by atoms with Gasteiger partial charge < -0.3 is 33.6 Å². The van der Waals surface area contributed by atoms with Gasteiger partial charge >= 0.3 is 20.7 Å². The maximum absolute atomic E-state index is 11.7. The van der Waals surface area contributed by atoms with E-state index in [1.54, 1.807) is 21.3 Å². The monoisotopic (exact) mass is 553 g/mol.